The first-order valence-corrected chi connectivity index (χ1v) is 8.70. The Morgan fingerprint density at radius 1 is 1.05 bits per heavy atom. The van der Waals surface area contributed by atoms with Crippen LogP contribution in [-0.2, 0) is 22.3 Å². The molecule has 2 aromatic rings. The van der Waals surface area contributed by atoms with E-state index in [2.05, 4.69) is 0 Å². The zero-order chi connectivity index (χ0) is 15.5. The van der Waals surface area contributed by atoms with E-state index in [1.807, 2.05) is 31.2 Å². The Labute approximate surface area is 131 Å². The van der Waals surface area contributed by atoms with Gasteiger partial charge in [-0.1, -0.05) is 31.2 Å². The Morgan fingerprint density at radius 3 is 2.29 bits per heavy atom. The Kier molecular flexibility index (Phi) is 4.91. The first-order chi connectivity index (χ1) is 10.0. The van der Waals surface area contributed by atoms with Crippen LogP contribution in [0.15, 0.2) is 53.4 Å². The molecule has 5 heteroatoms. The predicted octanol–water partition coefficient (Wildman–Crippen LogP) is 3.81. The molecule has 0 aliphatic carbocycles. The number of sulfonamides is 1. The van der Waals surface area contributed by atoms with E-state index in [0.717, 1.165) is 17.5 Å². The monoisotopic (exact) mass is 323 g/mol. The van der Waals surface area contributed by atoms with Crippen molar-refractivity contribution in [2.75, 3.05) is 11.4 Å². The molecule has 0 fully saturated rings. The highest BCUT2D eigenvalue weighted by Gasteiger charge is 2.21. The molecule has 0 spiro atoms. The second kappa shape index (κ2) is 6.50. The van der Waals surface area contributed by atoms with Crippen LogP contribution >= 0.6 is 11.6 Å². The topological polar surface area (TPSA) is 37.4 Å². The fourth-order valence-electron chi connectivity index (χ4n) is 2.17. The number of hydrogen-bond donors (Lipinski definition) is 0. The maximum Gasteiger partial charge on any atom is 0.264 e. The molecule has 0 N–H and O–H groups in total. The van der Waals surface area contributed by atoms with Crippen LogP contribution in [0, 0.1) is 0 Å². The summed E-state index contributed by atoms with van der Waals surface area (Å²) in [6, 6.07) is 14.2. The van der Waals surface area contributed by atoms with Crippen molar-refractivity contribution < 1.29 is 8.42 Å². The van der Waals surface area contributed by atoms with Crippen LogP contribution in [0.5, 0.6) is 0 Å². The lowest BCUT2D eigenvalue weighted by atomic mass is 10.1. The minimum Gasteiger partial charge on any atom is -0.269 e. The van der Waals surface area contributed by atoms with E-state index in [-0.39, 0.29) is 4.90 Å². The zero-order valence-corrected chi connectivity index (χ0v) is 13.7. The van der Waals surface area contributed by atoms with Crippen LogP contribution in [0.2, 0.25) is 0 Å². The number of alkyl halides is 1. The molecule has 0 aromatic heterocycles. The minimum atomic E-state index is -3.57. The van der Waals surface area contributed by atoms with Gasteiger partial charge in [-0.3, -0.25) is 4.31 Å². The van der Waals surface area contributed by atoms with Crippen LogP contribution in [0.3, 0.4) is 0 Å². The third-order valence-electron chi connectivity index (χ3n) is 3.48. The van der Waals surface area contributed by atoms with E-state index in [1.54, 1.807) is 31.3 Å². The lowest BCUT2D eigenvalue weighted by Gasteiger charge is -2.20. The Hall–Kier alpha value is -1.52. The SMILES string of the molecule is CCc1ccc(S(=O)(=O)N(C)c2ccccc2)cc1CCl. The molecule has 0 amide bonds. The van der Waals surface area contributed by atoms with Gasteiger partial charge in [0.15, 0.2) is 0 Å². The molecule has 2 rings (SSSR count). The van der Waals surface area contributed by atoms with Crippen LogP contribution in [0.1, 0.15) is 18.1 Å². The number of aryl methyl sites for hydroxylation is 1. The number of anilines is 1. The molecule has 0 saturated heterocycles. The lowest BCUT2D eigenvalue weighted by Crippen LogP contribution is -2.26. The van der Waals surface area contributed by atoms with E-state index in [9.17, 15) is 8.42 Å². The standard InChI is InChI=1S/C16H18ClNO2S/c1-3-13-9-10-16(11-14(13)12-17)21(19,20)18(2)15-7-5-4-6-8-15/h4-11H,3,12H2,1-2H3. The van der Waals surface area contributed by atoms with Gasteiger partial charge < -0.3 is 0 Å². The lowest BCUT2D eigenvalue weighted by molar-refractivity contribution is 0.594. The van der Waals surface area contributed by atoms with Crippen molar-refractivity contribution in [1.82, 2.24) is 0 Å². The predicted molar refractivity (Wildman–Crippen MR) is 87.4 cm³/mol. The summed E-state index contributed by atoms with van der Waals surface area (Å²) < 4.78 is 26.7. The van der Waals surface area contributed by atoms with Gasteiger partial charge >= 0.3 is 0 Å². The molecule has 3 nitrogen and oxygen atoms in total. The van der Waals surface area contributed by atoms with Gasteiger partial charge in [0, 0.05) is 12.9 Å². The van der Waals surface area contributed by atoms with Crippen molar-refractivity contribution in [1.29, 1.82) is 0 Å². The van der Waals surface area contributed by atoms with Gasteiger partial charge in [-0.25, -0.2) is 8.42 Å². The average Bonchev–Trinajstić information content (AvgIpc) is 2.54. The highest BCUT2D eigenvalue weighted by molar-refractivity contribution is 7.92. The molecule has 0 aliphatic heterocycles. The van der Waals surface area contributed by atoms with Crippen LogP contribution in [0.4, 0.5) is 5.69 Å². The highest BCUT2D eigenvalue weighted by atomic mass is 35.5. The molecule has 0 heterocycles. The summed E-state index contributed by atoms with van der Waals surface area (Å²) in [7, 11) is -2.02. The molecular formula is C16H18ClNO2S. The number of rotatable bonds is 5. The summed E-state index contributed by atoms with van der Waals surface area (Å²) in [6.45, 7) is 2.02. The number of hydrogen-bond acceptors (Lipinski definition) is 2. The molecular weight excluding hydrogens is 306 g/mol. The van der Waals surface area contributed by atoms with Gasteiger partial charge in [-0.2, -0.15) is 0 Å². The second-order valence-electron chi connectivity index (χ2n) is 4.73. The van der Waals surface area contributed by atoms with E-state index < -0.39 is 10.0 Å². The molecule has 21 heavy (non-hydrogen) atoms. The minimum absolute atomic E-state index is 0.265. The van der Waals surface area contributed by atoms with Gasteiger partial charge in [0.05, 0.1) is 10.6 Å². The Bertz CT molecular complexity index is 714. The third kappa shape index (κ3) is 3.22. The van der Waals surface area contributed by atoms with Crippen molar-refractivity contribution in [3.05, 3.63) is 59.7 Å². The van der Waals surface area contributed by atoms with E-state index in [0.29, 0.717) is 11.6 Å². The normalized spacial score (nSPS) is 11.4. The molecule has 0 atom stereocenters. The van der Waals surface area contributed by atoms with E-state index in [4.69, 9.17) is 11.6 Å². The first-order valence-electron chi connectivity index (χ1n) is 6.72. The van der Waals surface area contributed by atoms with Crippen molar-refractivity contribution in [2.24, 2.45) is 0 Å². The summed E-state index contributed by atoms with van der Waals surface area (Å²) in [6.07, 6.45) is 0.830. The van der Waals surface area contributed by atoms with Crippen LogP contribution < -0.4 is 4.31 Å². The summed E-state index contributed by atoms with van der Waals surface area (Å²) in [5, 5.41) is 0. The quantitative estimate of drug-likeness (QED) is 0.785. The fourth-order valence-corrected chi connectivity index (χ4v) is 3.66. The Balaban J connectivity index is 2.45. The van der Waals surface area contributed by atoms with Crippen molar-refractivity contribution in [2.45, 2.75) is 24.1 Å². The van der Waals surface area contributed by atoms with Gasteiger partial charge in [0.2, 0.25) is 0 Å². The molecule has 0 aliphatic rings. The summed E-state index contributed by atoms with van der Waals surface area (Å²) >= 11 is 5.92. The molecule has 0 saturated carbocycles. The number of para-hydroxylation sites is 1. The summed E-state index contributed by atoms with van der Waals surface area (Å²) in [5.41, 5.74) is 2.57. The fraction of sp³-hybridized carbons (Fsp3) is 0.250. The molecule has 0 radical (unpaired) electrons. The van der Waals surface area contributed by atoms with Gasteiger partial charge in [0.1, 0.15) is 0 Å². The van der Waals surface area contributed by atoms with Crippen molar-refractivity contribution in [3.63, 3.8) is 0 Å². The second-order valence-corrected chi connectivity index (χ2v) is 6.96. The van der Waals surface area contributed by atoms with E-state index >= 15 is 0 Å². The van der Waals surface area contributed by atoms with Crippen molar-refractivity contribution >= 4 is 27.3 Å². The van der Waals surface area contributed by atoms with Crippen molar-refractivity contribution in [3.8, 4) is 0 Å². The highest BCUT2D eigenvalue weighted by Crippen LogP contribution is 2.24. The number of halogens is 1. The third-order valence-corrected chi connectivity index (χ3v) is 5.55. The van der Waals surface area contributed by atoms with E-state index in [1.165, 1.54) is 4.31 Å². The van der Waals surface area contributed by atoms with Gasteiger partial charge in [0.25, 0.3) is 10.0 Å². The summed E-state index contributed by atoms with van der Waals surface area (Å²) in [4.78, 5) is 0.265. The average molecular weight is 324 g/mol. The number of benzene rings is 2. The maximum atomic E-state index is 12.7. The largest absolute Gasteiger partial charge is 0.269 e. The zero-order valence-electron chi connectivity index (χ0n) is 12.1. The Morgan fingerprint density at radius 2 is 1.71 bits per heavy atom. The van der Waals surface area contributed by atoms with Gasteiger partial charge in [-0.05, 0) is 41.8 Å². The molecule has 112 valence electrons. The molecule has 2 aromatic carbocycles. The van der Waals surface area contributed by atoms with Crippen LogP contribution in [-0.4, -0.2) is 15.5 Å². The first kappa shape index (κ1) is 15.9. The summed E-state index contributed by atoms with van der Waals surface area (Å²) in [5.74, 6) is 0.307. The molecule has 0 bridgehead atoms. The van der Waals surface area contributed by atoms with Crippen LogP contribution in [0.25, 0.3) is 0 Å². The number of nitrogens with zero attached hydrogens (tertiary/aromatic N) is 1. The molecule has 0 unspecified atom stereocenters. The smallest absolute Gasteiger partial charge is 0.264 e. The van der Waals surface area contributed by atoms with Gasteiger partial charge in [-0.15, -0.1) is 11.6 Å². The maximum absolute atomic E-state index is 12.7.